The molecule has 0 saturated heterocycles. The molecule has 0 aliphatic carbocycles. The minimum Gasteiger partial charge on any atom is -0.457 e. The molecule has 10 heteroatoms. The zero-order valence-corrected chi connectivity index (χ0v) is 16.6. The van der Waals surface area contributed by atoms with E-state index in [0.29, 0.717) is 17.6 Å². The first-order chi connectivity index (χ1) is 14.2. The number of halogens is 4. The average molecular weight is 480 g/mol. The summed E-state index contributed by atoms with van der Waals surface area (Å²) in [5, 5.41) is 0. The maximum Gasteiger partial charge on any atom is 0.417 e. The Morgan fingerprint density at radius 3 is 1.97 bits per heavy atom. The van der Waals surface area contributed by atoms with Crippen LogP contribution in [0.1, 0.15) is 26.3 Å². The van der Waals surface area contributed by atoms with Gasteiger partial charge in [-0.1, -0.05) is 15.9 Å². The van der Waals surface area contributed by atoms with Crippen molar-refractivity contribution in [1.82, 2.24) is 15.8 Å². The number of aromatic nitrogens is 1. The molecule has 0 aliphatic heterocycles. The SMILES string of the molecule is O=C(NNC(=O)c1ccc(Br)c(C(F)(F)F)c1)c1ccc(Oc2ccncc2)cc1. The standard InChI is InChI=1S/C20H13BrF3N3O3/c21-17-6-3-13(11-16(17)20(22,23)24)19(29)27-26-18(28)12-1-4-14(5-2-12)30-15-7-9-25-10-8-15/h1-11H,(H,26,28)(H,27,29). The number of nitrogens with one attached hydrogen (secondary N) is 2. The van der Waals surface area contributed by atoms with Crippen LogP contribution < -0.4 is 15.6 Å². The van der Waals surface area contributed by atoms with Crippen LogP contribution in [0.2, 0.25) is 0 Å². The fraction of sp³-hybridized carbons (Fsp3) is 0.0500. The molecule has 2 N–H and O–H groups in total. The third kappa shape index (κ3) is 5.35. The van der Waals surface area contributed by atoms with E-state index in [1.807, 2.05) is 0 Å². The van der Waals surface area contributed by atoms with Crippen molar-refractivity contribution in [3.8, 4) is 11.5 Å². The van der Waals surface area contributed by atoms with E-state index in [4.69, 9.17) is 4.74 Å². The van der Waals surface area contributed by atoms with E-state index >= 15 is 0 Å². The number of pyridine rings is 1. The lowest BCUT2D eigenvalue weighted by molar-refractivity contribution is -0.138. The van der Waals surface area contributed by atoms with Gasteiger partial charge < -0.3 is 4.74 Å². The number of benzene rings is 2. The minimum absolute atomic E-state index is 0.190. The van der Waals surface area contributed by atoms with E-state index in [2.05, 4.69) is 31.8 Å². The second-order valence-corrected chi connectivity index (χ2v) is 6.76. The van der Waals surface area contributed by atoms with Gasteiger partial charge in [-0.3, -0.25) is 25.4 Å². The second kappa shape index (κ2) is 8.95. The largest absolute Gasteiger partial charge is 0.457 e. The molecule has 0 unspecified atom stereocenters. The van der Waals surface area contributed by atoms with Crippen LogP contribution in [-0.2, 0) is 6.18 Å². The van der Waals surface area contributed by atoms with Crippen molar-refractivity contribution in [2.75, 3.05) is 0 Å². The summed E-state index contributed by atoms with van der Waals surface area (Å²) in [6, 6.07) is 12.4. The molecule has 2 aromatic carbocycles. The zero-order valence-electron chi connectivity index (χ0n) is 15.0. The molecule has 1 heterocycles. The molecule has 0 aliphatic rings. The van der Waals surface area contributed by atoms with Crippen LogP contribution in [0.4, 0.5) is 13.2 Å². The maximum absolute atomic E-state index is 13.0. The first kappa shape index (κ1) is 21.3. The van der Waals surface area contributed by atoms with Crippen molar-refractivity contribution in [2.24, 2.45) is 0 Å². The highest BCUT2D eigenvalue weighted by Crippen LogP contribution is 2.35. The summed E-state index contributed by atoms with van der Waals surface area (Å²) in [4.78, 5) is 28.1. The molecule has 3 aromatic rings. The van der Waals surface area contributed by atoms with Crippen molar-refractivity contribution in [3.63, 3.8) is 0 Å². The van der Waals surface area contributed by atoms with Crippen LogP contribution in [0, 0.1) is 0 Å². The van der Waals surface area contributed by atoms with Crippen molar-refractivity contribution >= 4 is 27.7 Å². The number of carbonyl (C=O) groups excluding carboxylic acids is 2. The van der Waals surface area contributed by atoms with Crippen LogP contribution in [0.15, 0.2) is 71.5 Å². The molecule has 6 nitrogen and oxygen atoms in total. The molecule has 2 amide bonds. The molecule has 1 aromatic heterocycles. The Kier molecular flexibility index (Phi) is 6.36. The third-order valence-electron chi connectivity index (χ3n) is 3.83. The molecule has 0 saturated carbocycles. The number of carbonyl (C=O) groups is 2. The van der Waals surface area contributed by atoms with Gasteiger partial charge in [0, 0.05) is 28.0 Å². The van der Waals surface area contributed by atoms with Crippen molar-refractivity contribution in [2.45, 2.75) is 6.18 Å². The number of hydrogen-bond donors (Lipinski definition) is 2. The van der Waals surface area contributed by atoms with Crippen LogP contribution in [0.25, 0.3) is 0 Å². The normalized spacial score (nSPS) is 10.9. The number of nitrogens with zero attached hydrogens (tertiary/aromatic N) is 1. The average Bonchev–Trinajstić information content (AvgIpc) is 2.72. The Labute approximate surface area is 177 Å². The van der Waals surface area contributed by atoms with E-state index in [0.717, 1.165) is 6.07 Å². The van der Waals surface area contributed by atoms with Crippen LogP contribution in [0.5, 0.6) is 11.5 Å². The van der Waals surface area contributed by atoms with Crippen molar-refractivity contribution < 1.29 is 27.5 Å². The number of alkyl halides is 3. The van der Waals surface area contributed by atoms with Gasteiger partial charge >= 0.3 is 6.18 Å². The zero-order chi connectivity index (χ0) is 21.7. The van der Waals surface area contributed by atoms with Gasteiger partial charge in [0.1, 0.15) is 11.5 Å². The van der Waals surface area contributed by atoms with Gasteiger partial charge in [0.25, 0.3) is 11.8 Å². The Hall–Kier alpha value is -3.40. The topological polar surface area (TPSA) is 80.3 Å². The summed E-state index contributed by atoms with van der Waals surface area (Å²) in [6.07, 6.45) is -1.48. The van der Waals surface area contributed by atoms with Gasteiger partial charge in [-0.25, -0.2) is 0 Å². The maximum atomic E-state index is 13.0. The summed E-state index contributed by atoms with van der Waals surface area (Å²) in [6.45, 7) is 0. The predicted molar refractivity (Wildman–Crippen MR) is 105 cm³/mol. The van der Waals surface area contributed by atoms with Gasteiger partial charge in [0.2, 0.25) is 0 Å². The highest BCUT2D eigenvalue weighted by atomic mass is 79.9. The summed E-state index contributed by atoms with van der Waals surface area (Å²) in [5.74, 6) is -0.482. The lowest BCUT2D eigenvalue weighted by atomic mass is 10.1. The fourth-order valence-corrected chi connectivity index (χ4v) is 2.83. The summed E-state index contributed by atoms with van der Waals surface area (Å²) in [5.41, 5.74) is 3.21. The van der Waals surface area contributed by atoms with Crippen LogP contribution in [-0.4, -0.2) is 16.8 Å². The first-order valence-corrected chi connectivity index (χ1v) is 9.19. The van der Waals surface area contributed by atoms with E-state index in [9.17, 15) is 22.8 Å². The Bertz CT molecular complexity index is 1060. The van der Waals surface area contributed by atoms with E-state index in [-0.39, 0.29) is 15.6 Å². The minimum atomic E-state index is -4.63. The molecule has 30 heavy (non-hydrogen) atoms. The quantitative estimate of drug-likeness (QED) is 0.530. The van der Waals surface area contributed by atoms with E-state index in [1.165, 1.54) is 18.2 Å². The number of rotatable bonds is 4. The van der Waals surface area contributed by atoms with Crippen molar-refractivity contribution in [3.05, 3.63) is 88.2 Å². The molecule has 0 fully saturated rings. The van der Waals surface area contributed by atoms with E-state index < -0.39 is 23.6 Å². The smallest absolute Gasteiger partial charge is 0.417 e. The molecule has 0 atom stereocenters. The molecule has 154 valence electrons. The van der Waals surface area contributed by atoms with Crippen LogP contribution >= 0.6 is 15.9 Å². The first-order valence-electron chi connectivity index (χ1n) is 8.39. The summed E-state index contributed by atoms with van der Waals surface area (Å²) in [7, 11) is 0. The lowest BCUT2D eigenvalue weighted by Crippen LogP contribution is -2.41. The third-order valence-corrected chi connectivity index (χ3v) is 4.52. The van der Waals surface area contributed by atoms with Gasteiger partial charge in [-0.2, -0.15) is 13.2 Å². The number of hydrogen-bond acceptors (Lipinski definition) is 4. The van der Waals surface area contributed by atoms with Crippen molar-refractivity contribution in [1.29, 1.82) is 0 Å². The molecule has 0 bridgehead atoms. The Balaban J connectivity index is 1.61. The highest BCUT2D eigenvalue weighted by Gasteiger charge is 2.33. The number of ether oxygens (including phenoxy) is 1. The molecular weight excluding hydrogens is 467 g/mol. The number of hydrazine groups is 1. The Morgan fingerprint density at radius 2 is 1.37 bits per heavy atom. The number of amides is 2. The fourth-order valence-electron chi connectivity index (χ4n) is 2.36. The molecule has 3 rings (SSSR count). The van der Waals surface area contributed by atoms with Gasteiger partial charge in [-0.15, -0.1) is 0 Å². The predicted octanol–water partition coefficient (Wildman–Crippen LogP) is 4.73. The Morgan fingerprint density at radius 1 is 0.833 bits per heavy atom. The molecule has 0 spiro atoms. The second-order valence-electron chi connectivity index (χ2n) is 5.91. The van der Waals surface area contributed by atoms with Gasteiger partial charge in [-0.05, 0) is 54.6 Å². The van der Waals surface area contributed by atoms with Gasteiger partial charge in [0.05, 0.1) is 5.56 Å². The van der Waals surface area contributed by atoms with Crippen LogP contribution in [0.3, 0.4) is 0 Å². The van der Waals surface area contributed by atoms with E-state index in [1.54, 1.807) is 36.7 Å². The summed E-state index contributed by atoms with van der Waals surface area (Å²) >= 11 is 2.80. The highest BCUT2D eigenvalue weighted by molar-refractivity contribution is 9.10. The molecule has 0 radical (unpaired) electrons. The lowest BCUT2D eigenvalue weighted by Gasteiger charge is -2.12. The van der Waals surface area contributed by atoms with Gasteiger partial charge in [0.15, 0.2) is 0 Å². The summed E-state index contributed by atoms with van der Waals surface area (Å²) < 4.78 is 44.2. The monoisotopic (exact) mass is 479 g/mol. The molecular formula is C20H13BrF3N3O3.